The summed E-state index contributed by atoms with van der Waals surface area (Å²) in [6.07, 6.45) is 4.86. The second-order valence-corrected chi connectivity index (χ2v) is 5.46. The molecule has 0 saturated heterocycles. The van der Waals surface area contributed by atoms with Crippen molar-refractivity contribution >= 4 is 34.1 Å². The maximum atomic E-state index is 12.0. The molecule has 0 heterocycles. The second-order valence-electron chi connectivity index (χ2n) is 5.46. The van der Waals surface area contributed by atoms with E-state index < -0.39 is 11.6 Å². The fraction of sp³-hybridized carbons (Fsp3) is 0.167. The minimum absolute atomic E-state index is 0.429. The molecule has 108 valence electrons. The number of benzene rings is 2. The van der Waals surface area contributed by atoms with Gasteiger partial charge in [0.25, 0.3) is 0 Å². The van der Waals surface area contributed by atoms with Crippen LogP contribution in [0.25, 0.3) is 16.8 Å². The van der Waals surface area contributed by atoms with Crippen LogP contribution in [0.3, 0.4) is 0 Å². The summed E-state index contributed by atoms with van der Waals surface area (Å²) in [6, 6.07) is 7.72. The molecule has 0 aromatic heterocycles. The molecule has 0 amide bonds. The van der Waals surface area contributed by atoms with Crippen LogP contribution >= 0.6 is 0 Å². The molecule has 2 aromatic rings. The summed E-state index contributed by atoms with van der Waals surface area (Å²) in [6.45, 7) is 0. The average molecular weight is 291 g/mol. The number of Topliss-reactive ketones (excluding diaryl/α,β-unsaturated/α-hetero) is 1. The zero-order valence-corrected chi connectivity index (χ0v) is 12.1. The molecular formula is C18H13NO3. The van der Waals surface area contributed by atoms with Crippen LogP contribution in [0.15, 0.2) is 35.5 Å². The third-order valence-electron chi connectivity index (χ3n) is 4.35. The molecule has 0 atom stereocenters. The van der Waals surface area contributed by atoms with E-state index in [-0.39, 0.29) is 0 Å². The van der Waals surface area contributed by atoms with Crippen LogP contribution < -0.4 is 0 Å². The molecule has 2 aliphatic rings. The fourth-order valence-electron chi connectivity index (χ4n) is 3.36. The summed E-state index contributed by atoms with van der Waals surface area (Å²) < 4.78 is 0. The Labute approximate surface area is 127 Å². The van der Waals surface area contributed by atoms with Crippen LogP contribution in [0.5, 0.6) is 0 Å². The van der Waals surface area contributed by atoms with Crippen molar-refractivity contribution in [1.82, 2.24) is 0 Å². The maximum Gasteiger partial charge on any atom is 0.233 e. The van der Waals surface area contributed by atoms with E-state index in [2.05, 4.69) is 5.16 Å². The van der Waals surface area contributed by atoms with Crippen molar-refractivity contribution in [1.29, 1.82) is 0 Å². The molecule has 22 heavy (non-hydrogen) atoms. The fourth-order valence-corrected chi connectivity index (χ4v) is 3.36. The average Bonchev–Trinajstić information content (AvgIpc) is 2.94. The van der Waals surface area contributed by atoms with E-state index in [4.69, 9.17) is 4.84 Å². The molecule has 0 saturated carbocycles. The first-order chi connectivity index (χ1) is 10.7. The highest BCUT2D eigenvalue weighted by atomic mass is 16.6. The zero-order chi connectivity index (χ0) is 15.3. The molecule has 0 radical (unpaired) electrons. The minimum atomic E-state index is -0.456. The number of fused-ring (bicyclic) bond motifs is 5. The van der Waals surface area contributed by atoms with Gasteiger partial charge in [-0.1, -0.05) is 23.4 Å². The lowest BCUT2D eigenvalue weighted by Crippen LogP contribution is -2.16. The van der Waals surface area contributed by atoms with E-state index in [9.17, 15) is 9.59 Å². The molecule has 0 spiro atoms. The number of ketones is 2. The Hall–Kier alpha value is -2.75. The number of hydrogen-bond acceptors (Lipinski definition) is 4. The van der Waals surface area contributed by atoms with Crippen LogP contribution in [0.4, 0.5) is 0 Å². The third-order valence-corrected chi connectivity index (χ3v) is 4.35. The SMILES string of the molecule is CO/N=C1/CCc2c1ccc1c3c(ccc21)C(=O)C(=O)C=C3. The summed E-state index contributed by atoms with van der Waals surface area (Å²) >= 11 is 0. The van der Waals surface area contributed by atoms with Crippen LogP contribution in [0, 0.1) is 0 Å². The van der Waals surface area contributed by atoms with Gasteiger partial charge in [0.05, 0.1) is 5.71 Å². The third kappa shape index (κ3) is 1.67. The summed E-state index contributed by atoms with van der Waals surface area (Å²) in [7, 11) is 1.55. The highest BCUT2D eigenvalue weighted by Gasteiger charge is 2.25. The number of aryl methyl sites for hydroxylation is 1. The number of allylic oxidation sites excluding steroid dienone is 1. The van der Waals surface area contributed by atoms with Gasteiger partial charge in [0, 0.05) is 11.1 Å². The Kier molecular flexibility index (Phi) is 2.73. The highest BCUT2D eigenvalue weighted by Crippen LogP contribution is 2.34. The van der Waals surface area contributed by atoms with Crippen LogP contribution in [0.1, 0.15) is 33.5 Å². The monoisotopic (exact) mass is 291 g/mol. The first-order valence-corrected chi connectivity index (χ1v) is 7.16. The normalized spacial score (nSPS) is 18.0. The predicted molar refractivity (Wildman–Crippen MR) is 84.2 cm³/mol. The second kappa shape index (κ2) is 4.63. The molecule has 2 aromatic carbocycles. The zero-order valence-electron chi connectivity index (χ0n) is 12.1. The van der Waals surface area contributed by atoms with Crippen molar-refractivity contribution in [2.24, 2.45) is 5.16 Å². The lowest BCUT2D eigenvalue weighted by atomic mass is 9.88. The van der Waals surface area contributed by atoms with E-state index >= 15 is 0 Å². The van der Waals surface area contributed by atoms with Gasteiger partial charge in [-0.15, -0.1) is 0 Å². The summed E-state index contributed by atoms with van der Waals surface area (Å²) in [5.74, 6) is -0.885. The lowest BCUT2D eigenvalue weighted by molar-refractivity contribution is -0.110. The molecule has 0 fully saturated rings. The number of oxime groups is 1. The standard InChI is InChI=1S/C18H13NO3/c1-22-19-16-8-6-12-10-3-5-15-13(7-9-17(20)18(15)21)11(10)2-4-14(12)16/h2-5,7,9H,6,8H2,1H3/b19-16-. The van der Waals surface area contributed by atoms with Crippen molar-refractivity contribution < 1.29 is 14.4 Å². The number of carbonyl (C=O) groups excluding carboxylic acids is 2. The first-order valence-electron chi connectivity index (χ1n) is 7.16. The Morgan fingerprint density at radius 1 is 0.955 bits per heavy atom. The van der Waals surface area contributed by atoms with Gasteiger partial charge in [0.2, 0.25) is 11.6 Å². The predicted octanol–water partition coefficient (Wildman–Crippen LogP) is 2.92. The van der Waals surface area contributed by atoms with Gasteiger partial charge in [-0.05, 0) is 53.0 Å². The molecule has 4 rings (SSSR count). The Balaban J connectivity index is 2.00. The Bertz CT molecular complexity index is 906. The van der Waals surface area contributed by atoms with E-state index in [1.807, 2.05) is 18.2 Å². The Morgan fingerprint density at radius 3 is 2.55 bits per heavy atom. The van der Waals surface area contributed by atoms with Gasteiger partial charge in [0.15, 0.2) is 0 Å². The Morgan fingerprint density at radius 2 is 1.73 bits per heavy atom. The van der Waals surface area contributed by atoms with E-state index in [0.29, 0.717) is 5.56 Å². The summed E-state index contributed by atoms with van der Waals surface area (Å²) in [5, 5.41) is 6.21. The molecule has 0 unspecified atom stereocenters. The topological polar surface area (TPSA) is 55.7 Å². The maximum absolute atomic E-state index is 12.0. The largest absolute Gasteiger partial charge is 0.399 e. The van der Waals surface area contributed by atoms with E-state index in [1.165, 1.54) is 11.6 Å². The quantitative estimate of drug-likeness (QED) is 0.599. The smallest absolute Gasteiger partial charge is 0.233 e. The molecule has 0 N–H and O–H groups in total. The van der Waals surface area contributed by atoms with Crippen molar-refractivity contribution in [2.45, 2.75) is 12.8 Å². The van der Waals surface area contributed by atoms with Crippen LogP contribution in [0.2, 0.25) is 0 Å². The highest BCUT2D eigenvalue weighted by molar-refractivity contribution is 6.50. The summed E-state index contributed by atoms with van der Waals surface area (Å²) in [5.41, 5.74) is 4.62. The van der Waals surface area contributed by atoms with Crippen molar-refractivity contribution in [3.8, 4) is 0 Å². The number of carbonyl (C=O) groups is 2. The van der Waals surface area contributed by atoms with Gasteiger partial charge in [0.1, 0.15) is 7.11 Å². The molecule has 0 aliphatic heterocycles. The lowest BCUT2D eigenvalue weighted by Gasteiger charge is -2.14. The molecule has 0 bridgehead atoms. The molecular weight excluding hydrogens is 278 g/mol. The number of nitrogens with zero attached hydrogens (tertiary/aromatic N) is 1. The van der Waals surface area contributed by atoms with Crippen molar-refractivity contribution in [2.75, 3.05) is 7.11 Å². The van der Waals surface area contributed by atoms with Crippen LogP contribution in [-0.4, -0.2) is 24.4 Å². The van der Waals surface area contributed by atoms with Gasteiger partial charge < -0.3 is 4.84 Å². The molecule has 2 aliphatic carbocycles. The van der Waals surface area contributed by atoms with E-state index in [1.54, 1.807) is 19.3 Å². The van der Waals surface area contributed by atoms with Gasteiger partial charge in [-0.2, -0.15) is 0 Å². The summed E-state index contributed by atoms with van der Waals surface area (Å²) in [4.78, 5) is 28.4. The van der Waals surface area contributed by atoms with Gasteiger partial charge in [-0.25, -0.2) is 0 Å². The minimum Gasteiger partial charge on any atom is -0.399 e. The van der Waals surface area contributed by atoms with Crippen molar-refractivity contribution in [3.05, 3.63) is 52.6 Å². The van der Waals surface area contributed by atoms with E-state index in [0.717, 1.165) is 40.5 Å². The number of hydrogen-bond donors (Lipinski definition) is 0. The van der Waals surface area contributed by atoms with Gasteiger partial charge in [-0.3, -0.25) is 9.59 Å². The first kappa shape index (κ1) is 13.0. The molecule has 4 heteroatoms. The molecule has 4 nitrogen and oxygen atoms in total. The van der Waals surface area contributed by atoms with Crippen molar-refractivity contribution in [3.63, 3.8) is 0 Å². The van der Waals surface area contributed by atoms with Crippen LogP contribution in [-0.2, 0) is 16.1 Å². The van der Waals surface area contributed by atoms with Gasteiger partial charge >= 0.3 is 0 Å². The number of rotatable bonds is 1.